The molecule has 0 saturated carbocycles. The van der Waals surface area contributed by atoms with Crippen LogP contribution >= 0.6 is 0 Å². The topological polar surface area (TPSA) is 85.2 Å². The maximum absolute atomic E-state index is 12.2. The van der Waals surface area contributed by atoms with Gasteiger partial charge in [-0.2, -0.15) is 5.10 Å². The van der Waals surface area contributed by atoms with E-state index in [0.29, 0.717) is 13.1 Å². The lowest BCUT2D eigenvalue weighted by molar-refractivity contribution is -0.122. The summed E-state index contributed by atoms with van der Waals surface area (Å²) in [4.78, 5) is 24.1. The predicted octanol–water partition coefficient (Wildman–Crippen LogP) is 2.86. The molecule has 2 aromatic carbocycles. The normalized spacial score (nSPS) is 11.5. The van der Waals surface area contributed by atoms with E-state index in [4.69, 9.17) is 4.74 Å². The molecule has 3 rings (SSSR count). The van der Waals surface area contributed by atoms with Crippen LogP contribution in [0.25, 0.3) is 0 Å². The number of ether oxygens (including phenoxy) is 1. The minimum Gasteiger partial charge on any atom is -0.445 e. The van der Waals surface area contributed by atoms with Crippen LogP contribution in [-0.4, -0.2) is 27.8 Å². The van der Waals surface area contributed by atoms with Crippen molar-refractivity contribution in [1.82, 2.24) is 20.4 Å². The molecule has 150 valence electrons. The summed E-state index contributed by atoms with van der Waals surface area (Å²) in [5, 5.41) is 9.54. The molecule has 7 nitrogen and oxygen atoms in total. The highest BCUT2D eigenvalue weighted by Crippen LogP contribution is 2.06. The largest absolute Gasteiger partial charge is 0.445 e. The highest BCUT2D eigenvalue weighted by atomic mass is 16.5. The Bertz CT molecular complexity index is 909. The lowest BCUT2D eigenvalue weighted by Gasteiger charge is -2.14. The first-order valence-corrected chi connectivity index (χ1v) is 9.40. The maximum atomic E-state index is 12.2. The van der Waals surface area contributed by atoms with Crippen LogP contribution in [-0.2, 0) is 29.2 Å². The zero-order valence-corrected chi connectivity index (χ0v) is 16.2. The van der Waals surface area contributed by atoms with E-state index >= 15 is 0 Å². The lowest BCUT2D eigenvalue weighted by Crippen LogP contribution is -2.44. The summed E-state index contributed by atoms with van der Waals surface area (Å²) in [5.74, 6) is -0.276. The van der Waals surface area contributed by atoms with Gasteiger partial charge in [0.15, 0.2) is 0 Å². The predicted molar refractivity (Wildman–Crippen MR) is 109 cm³/mol. The molecule has 1 atom stereocenters. The number of amides is 2. The van der Waals surface area contributed by atoms with Crippen molar-refractivity contribution < 1.29 is 14.3 Å². The molecule has 3 aromatic rings. The molecule has 0 saturated heterocycles. The van der Waals surface area contributed by atoms with Gasteiger partial charge in [-0.05, 0) is 29.7 Å². The second kappa shape index (κ2) is 10.1. The molecule has 0 spiro atoms. The third-order valence-electron chi connectivity index (χ3n) is 4.33. The van der Waals surface area contributed by atoms with Crippen molar-refractivity contribution in [3.05, 3.63) is 89.7 Å². The number of aromatic nitrogens is 2. The smallest absolute Gasteiger partial charge is 0.408 e. The van der Waals surface area contributed by atoms with E-state index in [0.717, 1.165) is 16.7 Å². The highest BCUT2D eigenvalue weighted by molar-refractivity contribution is 5.85. The molecule has 0 aliphatic heterocycles. The first-order chi connectivity index (χ1) is 14.1. The molecular formula is C22H24N4O3. The molecule has 0 bridgehead atoms. The van der Waals surface area contributed by atoms with E-state index in [-0.39, 0.29) is 12.5 Å². The number of carbonyl (C=O) groups excluding carboxylic acids is 2. The van der Waals surface area contributed by atoms with Gasteiger partial charge in [0.05, 0.1) is 6.54 Å². The third kappa shape index (κ3) is 6.49. The van der Waals surface area contributed by atoms with Gasteiger partial charge in [-0.15, -0.1) is 0 Å². The fourth-order valence-electron chi connectivity index (χ4n) is 2.69. The minimum absolute atomic E-state index is 0.159. The Morgan fingerprint density at radius 2 is 1.72 bits per heavy atom. The minimum atomic E-state index is -0.697. The van der Waals surface area contributed by atoms with E-state index in [2.05, 4.69) is 15.7 Å². The van der Waals surface area contributed by atoms with Gasteiger partial charge < -0.3 is 15.4 Å². The summed E-state index contributed by atoms with van der Waals surface area (Å²) in [7, 11) is 0. The van der Waals surface area contributed by atoms with Crippen LogP contribution in [0.3, 0.4) is 0 Å². The molecule has 0 aliphatic rings. The molecule has 0 aliphatic carbocycles. The first kappa shape index (κ1) is 20.1. The lowest BCUT2D eigenvalue weighted by atomic mass is 10.1. The van der Waals surface area contributed by atoms with Gasteiger partial charge in [0.1, 0.15) is 12.6 Å². The number of carbonyl (C=O) groups is 2. The van der Waals surface area contributed by atoms with Crippen molar-refractivity contribution >= 4 is 12.0 Å². The number of nitrogens with zero attached hydrogens (tertiary/aromatic N) is 2. The Labute approximate surface area is 169 Å². The van der Waals surface area contributed by atoms with Gasteiger partial charge in [0.25, 0.3) is 0 Å². The number of benzene rings is 2. The Hall–Kier alpha value is -3.61. The molecule has 0 fully saturated rings. The Morgan fingerprint density at radius 3 is 2.41 bits per heavy atom. The van der Waals surface area contributed by atoms with Gasteiger partial charge in [0, 0.05) is 18.9 Å². The quantitative estimate of drug-likeness (QED) is 0.617. The summed E-state index contributed by atoms with van der Waals surface area (Å²) in [6.07, 6.45) is 3.03. The molecular weight excluding hydrogens is 368 g/mol. The van der Waals surface area contributed by atoms with Crippen molar-refractivity contribution in [2.45, 2.75) is 32.7 Å². The van der Waals surface area contributed by atoms with Crippen LogP contribution in [0.4, 0.5) is 4.79 Å². The molecule has 0 unspecified atom stereocenters. The molecule has 2 N–H and O–H groups in total. The molecule has 0 radical (unpaired) electrons. The highest BCUT2D eigenvalue weighted by Gasteiger charge is 2.16. The number of nitrogens with one attached hydrogen (secondary N) is 2. The van der Waals surface area contributed by atoms with Crippen LogP contribution in [0.5, 0.6) is 0 Å². The summed E-state index contributed by atoms with van der Waals surface area (Å²) in [5.41, 5.74) is 2.98. The Morgan fingerprint density at radius 1 is 1.00 bits per heavy atom. The van der Waals surface area contributed by atoms with Crippen LogP contribution < -0.4 is 10.6 Å². The van der Waals surface area contributed by atoms with Gasteiger partial charge in [0.2, 0.25) is 5.91 Å². The summed E-state index contributed by atoms with van der Waals surface area (Å²) < 4.78 is 6.98. The number of hydrogen-bond acceptors (Lipinski definition) is 4. The van der Waals surface area contributed by atoms with Crippen LogP contribution in [0, 0.1) is 0 Å². The summed E-state index contributed by atoms with van der Waals surface area (Å²) >= 11 is 0. The van der Waals surface area contributed by atoms with Crippen LogP contribution in [0.1, 0.15) is 23.6 Å². The maximum Gasteiger partial charge on any atom is 0.408 e. The third-order valence-corrected chi connectivity index (χ3v) is 4.33. The SMILES string of the molecule is C[C@@H](NC(=O)OCc1ccccc1)C(=O)NCc1ccc(Cn2cccn2)cc1. The first-order valence-electron chi connectivity index (χ1n) is 9.40. The van der Waals surface area contributed by atoms with Crippen LogP contribution in [0.15, 0.2) is 73.1 Å². The number of hydrogen-bond donors (Lipinski definition) is 2. The molecule has 2 amide bonds. The summed E-state index contributed by atoms with van der Waals surface area (Å²) in [6.45, 7) is 2.86. The van der Waals surface area contributed by atoms with E-state index < -0.39 is 12.1 Å². The van der Waals surface area contributed by atoms with Crippen molar-refractivity contribution in [3.8, 4) is 0 Å². The van der Waals surface area contributed by atoms with E-state index in [1.807, 2.05) is 71.5 Å². The molecule has 1 heterocycles. The van der Waals surface area contributed by atoms with Gasteiger partial charge in [-0.25, -0.2) is 4.79 Å². The van der Waals surface area contributed by atoms with Gasteiger partial charge >= 0.3 is 6.09 Å². The summed E-state index contributed by atoms with van der Waals surface area (Å²) in [6, 6.07) is 18.5. The van der Waals surface area contributed by atoms with E-state index in [9.17, 15) is 9.59 Å². The average Bonchev–Trinajstić information content (AvgIpc) is 3.25. The van der Waals surface area contributed by atoms with Crippen LogP contribution in [0.2, 0.25) is 0 Å². The molecule has 29 heavy (non-hydrogen) atoms. The van der Waals surface area contributed by atoms with E-state index in [1.165, 1.54) is 0 Å². The molecule has 1 aromatic heterocycles. The van der Waals surface area contributed by atoms with Crippen molar-refractivity contribution in [1.29, 1.82) is 0 Å². The average molecular weight is 392 g/mol. The second-order valence-electron chi connectivity index (χ2n) is 6.67. The Balaban J connectivity index is 1.39. The number of alkyl carbamates (subject to hydrolysis) is 1. The second-order valence-corrected chi connectivity index (χ2v) is 6.67. The fraction of sp³-hybridized carbons (Fsp3) is 0.227. The van der Waals surface area contributed by atoms with E-state index in [1.54, 1.807) is 13.1 Å². The monoisotopic (exact) mass is 392 g/mol. The van der Waals surface area contributed by atoms with Gasteiger partial charge in [-0.3, -0.25) is 9.48 Å². The Kier molecular flexibility index (Phi) is 7.00. The number of rotatable bonds is 8. The molecule has 7 heteroatoms. The van der Waals surface area contributed by atoms with Crippen molar-refractivity contribution in [2.75, 3.05) is 0 Å². The van der Waals surface area contributed by atoms with Crippen molar-refractivity contribution in [3.63, 3.8) is 0 Å². The fourth-order valence-corrected chi connectivity index (χ4v) is 2.69. The standard InChI is InChI=1S/C22H24N4O3/c1-17(25-22(28)29-16-20-6-3-2-4-7-20)21(27)23-14-18-8-10-19(11-9-18)15-26-13-5-12-24-26/h2-13,17H,14-16H2,1H3,(H,23,27)(H,25,28)/t17-/m1/s1. The zero-order chi connectivity index (χ0) is 20.5. The van der Waals surface area contributed by atoms with Gasteiger partial charge in [-0.1, -0.05) is 54.6 Å². The van der Waals surface area contributed by atoms with Crippen molar-refractivity contribution in [2.24, 2.45) is 0 Å². The zero-order valence-electron chi connectivity index (χ0n) is 16.2.